The number of fused-ring (bicyclic) bond motifs is 1. The second-order valence-electron chi connectivity index (χ2n) is 6.19. The Balaban J connectivity index is 1.33. The summed E-state index contributed by atoms with van der Waals surface area (Å²) in [5, 5.41) is 0. The fraction of sp³-hybridized carbons (Fsp3) is 0.588. The number of nitrogens with zero attached hydrogens (tertiary/aromatic N) is 1. The van der Waals surface area contributed by atoms with E-state index < -0.39 is 0 Å². The van der Waals surface area contributed by atoms with E-state index in [4.69, 9.17) is 14.2 Å². The number of piperidine rings is 1. The van der Waals surface area contributed by atoms with Gasteiger partial charge in [0.2, 0.25) is 0 Å². The van der Waals surface area contributed by atoms with Crippen LogP contribution < -0.4 is 4.74 Å². The molecule has 3 aliphatic heterocycles. The zero-order chi connectivity index (χ0) is 14.9. The SMILES string of the molecule is O=C(C1Cc2ccccc2O1)N1CCC(C2OCCO2)CC1. The lowest BCUT2D eigenvalue weighted by Gasteiger charge is -2.34. The number of carbonyl (C=O) groups is 1. The molecule has 0 saturated carbocycles. The Labute approximate surface area is 130 Å². The normalized spacial score (nSPS) is 26.0. The van der Waals surface area contributed by atoms with E-state index in [1.165, 1.54) is 0 Å². The molecular formula is C17H21NO4. The first-order chi connectivity index (χ1) is 10.8. The van der Waals surface area contributed by atoms with Crippen molar-refractivity contribution in [2.75, 3.05) is 26.3 Å². The molecule has 0 aliphatic carbocycles. The zero-order valence-corrected chi connectivity index (χ0v) is 12.6. The molecule has 2 fully saturated rings. The third-order valence-electron chi connectivity index (χ3n) is 4.81. The molecule has 1 aromatic rings. The Hall–Kier alpha value is -1.59. The van der Waals surface area contributed by atoms with Crippen molar-refractivity contribution in [3.8, 4) is 5.75 Å². The number of para-hydroxylation sites is 1. The van der Waals surface area contributed by atoms with Gasteiger partial charge in [0.25, 0.3) is 5.91 Å². The molecule has 0 N–H and O–H groups in total. The minimum atomic E-state index is -0.354. The van der Waals surface area contributed by atoms with Gasteiger partial charge in [-0.2, -0.15) is 0 Å². The molecule has 0 radical (unpaired) electrons. The van der Waals surface area contributed by atoms with Crippen LogP contribution in [0.5, 0.6) is 5.75 Å². The van der Waals surface area contributed by atoms with Gasteiger partial charge < -0.3 is 19.1 Å². The smallest absolute Gasteiger partial charge is 0.263 e. The largest absolute Gasteiger partial charge is 0.480 e. The number of likely N-dealkylation sites (tertiary alicyclic amines) is 1. The van der Waals surface area contributed by atoms with E-state index in [9.17, 15) is 4.79 Å². The summed E-state index contributed by atoms with van der Waals surface area (Å²) >= 11 is 0. The summed E-state index contributed by atoms with van der Waals surface area (Å²) in [6, 6.07) is 7.90. The van der Waals surface area contributed by atoms with Crippen LogP contribution in [0.4, 0.5) is 0 Å². The first-order valence-electron chi connectivity index (χ1n) is 8.08. The molecule has 4 rings (SSSR count). The Morgan fingerprint density at radius 2 is 1.82 bits per heavy atom. The maximum Gasteiger partial charge on any atom is 0.263 e. The van der Waals surface area contributed by atoms with Gasteiger partial charge in [-0.25, -0.2) is 0 Å². The first kappa shape index (κ1) is 14.0. The highest BCUT2D eigenvalue weighted by atomic mass is 16.7. The van der Waals surface area contributed by atoms with Crippen molar-refractivity contribution in [3.05, 3.63) is 29.8 Å². The van der Waals surface area contributed by atoms with Crippen molar-refractivity contribution in [1.29, 1.82) is 0 Å². The number of ether oxygens (including phenoxy) is 3. The highest BCUT2D eigenvalue weighted by Gasteiger charge is 2.36. The van der Waals surface area contributed by atoms with Gasteiger partial charge in [0.05, 0.1) is 13.2 Å². The molecule has 0 bridgehead atoms. The predicted molar refractivity (Wildman–Crippen MR) is 79.6 cm³/mol. The van der Waals surface area contributed by atoms with E-state index in [2.05, 4.69) is 0 Å². The first-order valence-corrected chi connectivity index (χ1v) is 8.08. The summed E-state index contributed by atoms with van der Waals surface area (Å²) < 4.78 is 17.0. The van der Waals surface area contributed by atoms with Gasteiger partial charge in [0.15, 0.2) is 12.4 Å². The van der Waals surface area contributed by atoms with Crippen LogP contribution in [0.25, 0.3) is 0 Å². The van der Waals surface area contributed by atoms with E-state index in [1.807, 2.05) is 29.2 Å². The zero-order valence-electron chi connectivity index (χ0n) is 12.6. The monoisotopic (exact) mass is 303 g/mol. The number of hydrogen-bond donors (Lipinski definition) is 0. The van der Waals surface area contributed by atoms with Crippen molar-refractivity contribution in [2.45, 2.75) is 31.7 Å². The van der Waals surface area contributed by atoms with E-state index in [-0.39, 0.29) is 18.3 Å². The van der Waals surface area contributed by atoms with Gasteiger partial charge >= 0.3 is 0 Å². The van der Waals surface area contributed by atoms with Crippen LogP contribution in [-0.2, 0) is 20.7 Å². The molecule has 5 heteroatoms. The Morgan fingerprint density at radius 3 is 2.55 bits per heavy atom. The van der Waals surface area contributed by atoms with Crippen LogP contribution >= 0.6 is 0 Å². The van der Waals surface area contributed by atoms with Crippen molar-refractivity contribution >= 4 is 5.91 Å². The highest BCUT2D eigenvalue weighted by Crippen LogP contribution is 2.31. The van der Waals surface area contributed by atoms with Crippen LogP contribution in [0, 0.1) is 5.92 Å². The molecule has 1 amide bonds. The maximum absolute atomic E-state index is 12.6. The summed E-state index contributed by atoms with van der Waals surface area (Å²) in [7, 11) is 0. The lowest BCUT2D eigenvalue weighted by molar-refractivity contribution is -0.143. The lowest BCUT2D eigenvalue weighted by atomic mass is 9.95. The fourth-order valence-electron chi connectivity index (χ4n) is 3.56. The fourth-order valence-corrected chi connectivity index (χ4v) is 3.56. The molecule has 2 saturated heterocycles. The van der Waals surface area contributed by atoms with Crippen molar-refractivity contribution in [2.24, 2.45) is 5.92 Å². The van der Waals surface area contributed by atoms with Gasteiger partial charge in [-0.05, 0) is 24.5 Å². The van der Waals surface area contributed by atoms with Gasteiger partial charge in [-0.15, -0.1) is 0 Å². The highest BCUT2D eigenvalue weighted by molar-refractivity contribution is 5.82. The van der Waals surface area contributed by atoms with Crippen LogP contribution in [0.15, 0.2) is 24.3 Å². The molecule has 0 spiro atoms. The van der Waals surface area contributed by atoms with Gasteiger partial charge in [-0.1, -0.05) is 18.2 Å². The Morgan fingerprint density at radius 1 is 1.09 bits per heavy atom. The summed E-state index contributed by atoms with van der Waals surface area (Å²) in [6.07, 6.45) is 2.15. The maximum atomic E-state index is 12.6. The summed E-state index contributed by atoms with van der Waals surface area (Å²) in [5.74, 6) is 1.37. The van der Waals surface area contributed by atoms with Crippen molar-refractivity contribution in [1.82, 2.24) is 4.90 Å². The molecular weight excluding hydrogens is 282 g/mol. The van der Waals surface area contributed by atoms with Gasteiger partial charge in [-0.3, -0.25) is 4.79 Å². The van der Waals surface area contributed by atoms with Crippen LogP contribution in [0.2, 0.25) is 0 Å². The van der Waals surface area contributed by atoms with Crippen LogP contribution in [-0.4, -0.2) is 49.5 Å². The standard InChI is InChI=1S/C17H21NO4/c19-16(15-11-13-3-1-2-4-14(13)22-15)18-7-5-12(6-8-18)17-20-9-10-21-17/h1-4,12,15,17H,5-11H2. The second-order valence-corrected chi connectivity index (χ2v) is 6.19. The molecule has 0 aromatic heterocycles. The third-order valence-corrected chi connectivity index (χ3v) is 4.81. The Bertz CT molecular complexity index is 522. The average molecular weight is 303 g/mol. The topological polar surface area (TPSA) is 48.0 Å². The number of carbonyl (C=O) groups excluding carboxylic acids is 1. The molecule has 1 unspecified atom stereocenters. The number of benzene rings is 1. The molecule has 5 nitrogen and oxygen atoms in total. The molecule has 3 heterocycles. The van der Waals surface area contributed by atoms with E-state index in [0.29, 0.717) is 25.6 Å². The molecule has 1 aromatic carbocycles. The van der Waals surface area contributed by atoms with E-state index in [1.54, 1.807) is 0 Å². The second kappa shape index (κ2) is 5.89. The van der Waals surface area contributed by atoms with E-state index >= 15 is 0 Å². The average Bonchev–Trinajstić information content (AvgIpc) is 3.23. The van der Waals surface area contributed by atoms with Crippen LogP contribution in [0.3, 0.4) is 0 Å². The van der Waals surface area contributed by atoms with E-state index in [0.717, 1.165) is 37.2 Å². The van der Waals surface area contributed by atoms with Crippen molar-refractivity contribution in [3.63, 3.8) is 0 Å². The molecule has 1 atom stereocenters. The minimum absolute atomic E-state index is 0.0655. The number of amides is 1. The number of hydrogen-bond acceptors (Lipinski definition) is 4. The minimum Gasteiger partial charge on any atom is -0.480 e. The molecule has 118 valence electrons. The predicted octanol–water partition coefficient (Wildman–Crippen LogP) is 1.60. The van der Waals surface area contributed by atoms with Gasteiger partial charge in [0.1, 0.15) is 5.75 Å². The summed E-state index contributed by atoms with van der Waals surface area (Å²) in [4.78, 5) is 14.6. The molecule has 3 aliphatic rings. The summed E-state index contributed by atoms with van der Waals surface area (Å²) in [6.45, 7) is 2.92. The lowest BCUT2D eigenvalue weighted by Crippen LogP contribution is -2.46. The molecule has 22 heavy (non-hydrogen) atoms. The third kappa shape index (κ3) is 2.59. The van der Waals surface area contributed by atoms with Gasteiger partial charge in [0, 0.05) is 25.4 Å². The summed E-state index contributed by atoms with van der Waals surface area (Å²) in [5.41, 5.74) is 1.13. The Kier molecular flexibility index (Phi) is 3.76. The number of rotatable bonds is 2. The van der Waals surface area contributed by atoms with Crippen LogP contribution in [0.1, 0.15) is 18.4 Å². The van der Waals surface area contributed by atoms with Crippen molar-refractivity contribution < 1.29 is 19.0 Å². The quantitative estimate of drug-likeness (QED) is 0.833.